The molecule has 2 N–H and O–H groups in total. The van der Waals surface area contributed by atoms with Crippen LogP contribution in [-0.4, -0.2) is 57.5 Å². The molecule has 2 aliphatic heterocycles. The number of carbonyl (C=O) groups is 4. The van der Waals surface area contributed by atoms with Crippen molar-refractivity contribution < 1.29 is 33.4 Å². The van der Waals surface area contributed by atoms with E-state index in [4.69, 9.17) is 9.15 Å². The molecule has 0 unspecified atom stereocenters. The molecule has 0 spiro atoms. The van der Waals surface area contributed by atoms with Gasteiger partial charge in [0.05, 0.1) is 0 Å². The molecule has 10 nitrogen and oxygen atoms in total. The van der Waals surface area contributed by atoms with E-state index in [2.05, 4.69) is 5.32 Å². The molecule has 0 bridgehead atoms. The van der Waals surface area contributed by atoms with Gasteiger partial charge in [0.2, 0.25) is 0 Å². The third-order valence-electron chi connectivity index (χ3n) is 4.87. The largest absolute Gasteiger partial charge is 0.477 e. The SMILES string of the molecule is CC(=O)OCC1=C(C(=O)O)N2C(=O)[C@@H](NC(=O)c3cc4ccccc4oc3=O)[C@H]2SC1. The van der Waals surface area contributed by atoms with Gasteiger partial charge in [-0.1, -0.05) is 18.2 Å². The number of carbonyl (C=O) groups excluding carboxylic acids is 3. The van der Waals surface area contributed by atoms with Crippen molar-refractivity contribution in [1.82, 2.24) is 10.2 Å². The van der Waals surface area contributed by atoms with E-state index in [1.807, 2.05) is 0 Å². The summed E-state index contributed by atoms with van der Waals surface area (Å²) in [5.74, 6) is -3.12. The molecule has 2 amide bonds. The molecule has 2 aliphatic rings. The number of β-lactam (4-membered cyclic amide) rings is 1. The van der Waals surface area contributed by atoms with Crippen LogP contribution in [0, 0.1) is 0 Å². The molecule has 1 saturated heterocycles. The van der Waals surface area contributed by atoms with E-state index in [0.29, 0.717) is 11.0 Å². The lowest BCUT2D eigenvalue weighted by Crippen LogP contribution is -2.70. The van der Waals surface area contributed by atoms with E-state index >= 15 is 0 Å². The van der Waals surface area contributed by atoms with Crippen LogP contribution in [0.2, 0.25) is 0 Å². The maximum atomic E-state index is 12.7. The van der Waals surface area contributed by atoms with Crippen molar-refractivity contribution >= 4 is 46.5 Å². The van der Waals surface area contributed by atoms with Crippen LogP contribution >= 0.6 is 11.8 Å². The Bertz CT molecular complexity index is 1220. The third kappa shape index (κ3) is 3.67. The average molecular weight is 444 g/mol. The number of aliphatic carboxylic acids is 1. The number of rotatable bonds is 5. The predicted molar refractivity (Wildman–Crippen MR) is 108 cm³/mol. The molecule has 0 aliphatic carbocycles. The van der Waals surface area contributed by atoms with Crippen molar-refractivity contribution in [3.63, 3.8) is 0 Å². The number of carboxylic acid groups (broad SMARTS) is 1. The topological polar surface area (TPSA) is 143 Å². The van der Waals surface area contributed by atoms with Crippen LogP contribution < -0.4 is 10.9 Å². The monoisotopic (exact) mass is 444 g/mol. The lowest BCUT2D eigenvalue weighted by Gasteiger charge is -2.49. The maximum absolute atomic E-state index is 12.7. The summed E-state index contributed by atoms with van der Waals surface area (Å²) in [6.07, 6.45) is 0. The van der Waals surface area contributed by atoms with Gasteiger partial charge in [0.25, 0.3) is 11.8 Å². The molecule has 2 atom stereocenters. The Kier molecular flexibility index (Phi) is 5.27. The predicted octanol–water partition coefficient (Wildman–Crippen LogP) is 0.708. The quantitative estimate of drug-likeness (QED) is 0.387. The van der Waals surface area contributed by atoms with Crippen LogP contribution in [0.25, 0.3) is 11.0 Å². The normalized spacial score (nSPS) is 20.2. The number of amides is 2. The van der Waals surface area contributed by atoms with Crippen LogP contribution in [0.15, 0.2) is 50.8 Å². The van der Waals surface area contributed by atoms with Gasteiger partial charge in [-0.15, -0.1) is 11.8 Å². The summed E-state index contributed by atoms with van der Waals surface area (Å²) >= 11 is 1.23. The van der Waals surface area contributed by atoms with Gasteiger partial charge >= 0.3 is 17.6 Å². The first-order valence-corrected chi connectivity index (χ1v) is 10.2. The fourth-order valence-electron chi connectivity index (χ4n) is 3.42. The fraction of sp³-hybridized carbons (Fsp3) is 0.250. The molecule has 1 fully saturated rings. The van der Waals surface area contributed by atoms with E-state index in [1.54, 1.807) is 24.3 Å². The molecule has 2 aromatic rings. The summed E-state index contributed by atoms with van der Waals surface area (Å²) in [5, 5.41) is 11.9. The first kappa shape index (κ1) is 20.7. The van der Waals surface area contributed by atoms with Crippen LogP contribution in [0.1, 0.15) is 17.3 Å². The average Bonchev–Trinajstić information content (AvgIpc) is 2.74. The maximum Gasteiger partial charge on any atom is 0.352 e. The highest BCUT2D eigenvalue weighted by atomic mass is 32.2. The first-order chi connectivity index (χ1) is 14.8. The number of hydrogen-bond donors (Lipinski definition) is 2. The van der Waals surface area contributed by atoms with Crippen molar-refractivity contribution in [2.75, 3.05) is 12.4 Å². The van der Waals surface area contributed by atoms with Gasteiger partial charge in [0.15, 0.2) is 0 Å². The number of esters is 1. The number of nitrogens with one attached hydrogen (secondary N) is 1. The number of carboxylic acids is 1. The summed E-state index contributed by atoms with van der Waals surface area (Å²) < 4.78 is 10.0. The zero-order valence-electron chi connectivity index (χ0n) is 16.1. The van der Waals surface area contributed by atoms with Gasteiger partial charge in [-0.05, 0) is 12.1 Å². The minimum atomic E-state index is -1.33. The Hall–Kier alpha value is -3.60. The smallest absolute Gasteiger partial charge is 0.352 e. The van der Waals surface area contributed by atoms with E-state index < -0.39 is 40.8 Å². The zero-order chi connectivity index (χ0) is 22.3. The standard InChI is InChI=1S/C20H16N2O8S/c1-9(23)29-7-11-8-31-18-14(17(25)22(18)15(11)19(26)27)21-16(24)12-6-10-4-2-3-5-13(10)30-20(12)28/h2-6,14,18H,7-8H2,1H3,(H,21,24)(H,26,27)/t14-,18-/m1/s1. The van der Waals surface area contributed by atoms with Crippen LogP contribution in [0.5, 0.6) is 0 Å². The fourth-order valence-corrected chi connectivity index (χ4v) is 4.75. The molecule has 1 aromatic heterocycles. The molecule has 1 aromatic carbocycles. The van der Waals surface area contributed by atoms with Gasteiger partial charge in [-0.2, -0.15) is 0 Å². The van der Waals surface area contributed by atoms with Gasteiger partial charge in [0, 0.05) is 23.6 Å². The van der Waals surface area contributed by atoms with Crippen molar-refractivity contribution in [3.05, 3.63) is 57.6 Å². The summed E-state index contributed by atoms with van der Waals surface area (Å²) in [4.78, 5) is 61.3. The van der Waals surface area contributed by atoms with Crippen molar-refractivity contribution in [2.45, 2.75) is 18.3 Å². The molecule has 11 heteroatoms. The lowest BCUT2D eigenvalue weighted by molar-refractivity contribution is -0.149. The molecular formula is C20H16N2O8S. The second kappa shape index (κ2) is 7.91. The Morgan fingerprint density at radius 3 is 2.74 bits per heavy atom. The first-order valence-electron chi connectivity index (χ1n) is 9.15. The van der Waals surface area contributed by atoms with Gasteiger partial charge in [0.1, 0.15) is 34.9 Å². The van der Waals surface area contributed by atoms with Crippen LogP contribution in [-0.2, 0) is 19.1 Å². The molecule has 31 heavy (non-hydrogen) atoms. The molecular weight excluding hydrogens is 428 g/mol. The van der Waals surface area contributed by atoms with Gasteiger partial charge < -0.3 is 19.6 Å². The summed E-state index contributed by atoms with van der Waals surface area (Å²) in [5.41, 5.74) is -0.737. The summed E-state index contributed by atoms with van der Waals surface area (Å²) in [6, 6.07) is 7.06. The number of nitrogens with zero attached hydrogens (tertiary/aromatic N) is 1. The second-order valence-corrected chi connectivity index (χ2v) is 7.99. The molecule has 3 heterocycles. The molecule has 160 valence electrons. The number of thioether (sulfide) groups is 1. The molecule has 0 radical (unpaired) electrons. The highest BCUT2D eigenvalue weighted by Crippen LogP contribution is 2.40. The van der Waals surface area contributed by atoms with Crippen molar-refractivity contribution in [2.24, 2.45) is 0 Å². The number of hydrogen-bond acceptors (Lipinski definition) is 8. The van der Waals surface area contributed by atoms with E-state index in [0.717, 1.165) is 4.90 Å². The number of para-hydroxylation sites is 1. The Morgan fingerprint density at radius 2 is 2.03 bits per heavy atom. The minimum Gasteiger partial charge on any atom is -0.477 e. The molecule has 4 rings (SSSR count). The second-order valence-electron chi connectivity index (χ2n) is 6.88. The minimum absolute atomic E-state index is 0.202. The van der Waals surface area contributed by atoms with E-state index in [9.17, 15) is 29.1 Å². The Labute approximate surface area is 178 Å². The van der Waals surface area contributed by atoms with Crippen LogP contribution in [0.3, 0.4) is 0 Å². The number of benzene rings is 1. The zero-order valence-corrected chi connectivity index (χ0v) is 16.9. The van der Waals surface area contributed by atoms with Gasteiger partial charge in [-0.3, -0.25) is 19.3 Å². The van der Waals surface area contributed by atoms with Crippen LogP contribution in [0.4, 0.5) is 0 Å². The number of ether oxygens (including phenoxy) is 1. The van der Waals surface area contributed by atoms with Crippen molar-refractivity contribution in [3.8, 4) is 0 Å². The molecule has 0 saturated carbocycles. The van der Waals surface area contributed by atoms with Gasteiger partial charge in [-0.25, -0.2) is 9.59 Å². The van der Waals surface area contributed by atoms with E-state index in [-0.39, 0.29) is 29.2 Å². The van der Waals surface area contributed by atoms with E-state index in [1.165, 1.54) is 24.8 Å². The third-order valence-corrected chi connectivity index (χ3v) is 6.21. The highest BCUT2D eigenvalue weighted by molar-refractivity contribution is 8.00. The summed E-state index contributed by atoms with van der Waals surface area (Å²) in [7, 11) is 0. The number of fused-ring (bicyclic) bond motifs is 2. The highest BCUT2D eigenvalue weighted by Gasteiger charge is 2.54. The van der Waals surface area contributed by atoms with Crippen molar-refractivity contribution in [1.29, 1.82) is 0 Å². The Morgan fingerprint density at radius 1 is 1.29 bits per heavy atom. The Balaban J connectivity index is 1.55. The lowest BCUT2D eigenvalue weighted by atomic mass is 10.0. The summed E-state index contributed by atoms with van der Waals surface area (Å²) in [6.45, 7) is 0.957.